The van der Waals surface area contributed by atoms with Gasteiger partial charge in [-0.15, -0.1) is 11.3 Å². The normalized spacial score (nSPS) is 13.7. The van der Waals surface area contributed by atoms with Crippen LogP contribution < -0.4 is 10.3 Å². The zero-order valence-electron chi connectivity index (χ0n) is 13.3. The van der Waals surface area contributed by atoms with Crippen molar-refractivity contribution in [1.82, 2.24) is 9.55 Å². The minimum atomic E-state index is -0.0373. The maximum Gasteiger partial charge on any atom is 0.305 e. The van der Waals surface area contributed by atoms with E-state index in [0.29, 0.717) is 12.6 Å². The lowest BCUT2D eigenvalue weighted by atomic mass is 9.97. The molecule has 24 heavy (non-hydrogen) atoms. The third-order valence-electron chi connectivity index (χ3n) is 4.30. The van der Waals surface area contributed by atoms with Crippen molar-refractivity contribution in [3.8, 4) is 11.7 Å². The number of aryl methyl sites for hydroxylation is 2. The Bertz CT molecular complexity index is 957. The van der Waals surface area contributed by atoms with E-state index in [0.717, 1.165) is 35.2 Å². The highest BCUT2D eigenvalue weighted by Crippen LogP contribution is 2.34. The van der Waals surface area contributed by atoms with E-state index in [-0.39, 0.29) is 5.56 Å². The van der Waals surface area contributed by atoms with Crippen molar-refractivity contribution in [3.05, 3.63) is 63.8 Å². The first-order valence-corrected chi connectivity index (χ1v) is 8.97. The Balaban J connectivity index is 2.01. The molecule has 0 spiro atoms. The molecule has 4 nitrogen and oxygen atoms in total. The molecule has 0 atom stereocenters. The summed E-state index contributed by atoms with van der Waals surface area (Å²) in [6.07, 6.45) is 5.99. The fourth-order valence-electron chi connectivity index (χ4n) is 3.22. The van der Waals surface area contributed by atoms with Gasteiger partial charge in [-0.2, -0.15) is 4.98 Å². The SMILES string of the molecule is C=CCOc1nc2sc3c(c2c(=O)n1-c1ccccc1)CCCC3. The van der Waals surface area contributed by atoms with Crippen LogP contribution in [0, 0.1) is 0 Å². The zero-order valence-corrected chi connectivity index (χ0v) is 14.1. The first kappa shape index (κ1) is 15.1. The maximum atomic E-state index is 13.3. The van der Waals surface area contributed by atoms with Crippen LogP contribution in [0.5, 0.6) is 6.01 Å². The molecule has 122 valence electrons. The molecular formula is C19H18N2O2S. The Hall–Kier alpha value is -2.40. The van der Waals surface area contributed by atoms with Crippen molar-refractivity contribution in [1.29, 1.82) is 0 Å². The summed E-state index contributed by atoms with van der Waals surface area (Å²) in [5.41, 5.74) is 1.93. The summed E-state index contributed by atoms with van der Waals surface area (Å²) in [6.45, 7) is 3.99. The number of benzene rings is 1. The van der Waals surface area contributed by atoms with Crippen LogP contribution >= 0.6 is 11.3 Å². The predicted molar refractivity (Wildman–Crippen MR) is 97.6 cm³/mol. The second kappa shape index (κ2) is 6.24. The van der Waals surface area contributed by atoms with Gasteiger partial charge < -0.3 is 4.74 Å². The van der Waals surface area contributed by atoms with Gasteiger partial charge in [0, 0.05) is 4.88 Å². The monoisotopic (exact) mass is 338 g/mol. The first-order valence-electron chi connectivity index (χ1n) is 8.16. The number of hydrogen-bond acceptors (Lipinski definition) is 4. The number of nitrogens with zero attached hydrogens (tertiary/aromatic N) is 2. The molecule has 1 aromatic carbocycles. The molecule has 3 aromatic rings. The summed E-state index contributed by atoms with van der Waals surface area (Å²) in [5.74, 6) is 0. The van der Waals surface area contributed by atoms with E-state index < -0.39 is 0 Å². The van der Waals surface area contributed by atoms with Crippen LogP contribution in [0.3, 0.4) is 0 Å². The maximum absolute atomic E-state index is 13.3. The number of hydrogen-bond donors (Lipinski definition) is 0. The number of thiophene rings is 1. The Morgan fingerprint density at radius 2 is 2.04 bits per heavy atom. The molecule has 0 unspecified atom stereocenters. The molecule has 4 rings (SSSR count). The number of ether oxygens (including phenoxy) is 1. The first-order chi connectivity index (χ1) is 11.8. The third-order valence-corrected chi connectivity index (χ3v) is 5.49. The summed E-state index contributed by atoms with van der Waals surface area (Å²) in [4.78, 5) is 20.0. The number of rotatable bonds is 4. The van der Waals surface area contributed by atoms with E-state index in [1.807, 2.05) is 30.3 Å². The highest BCUT2D eigenvalue weighted by molar-refractivity contribution is 7.18. The molecule has 1 aliphatic carbocycles. The van der Waals surface area contributed by atoms with Gasteiger partial charge in [-0.05, 0) is 43.4 Å². The zero-order chi connectivity index (χ0) is 16.5. The van der Waals surface area contributed by atoms with Gasteiger partial charge in [-0.1, -0.05) is 30.9 Å². The van der Waals surface area contributed by atoms with E-state index in [9.17, 15) is 4.79 Å². The van der Waals surface area contributed by atoms with Gasteiger partial charge in [0.2, 0.25) is 0 Å². The van der Waals surface area contributed by atoms with E-state index >= 15 is 0 Å². The van der Waals surface area contributed by atoms with Gasteiger partial charge in [-0.25, -0.2) is 4.57 Å². The van der Waals surface area contributed by atoms with Crippen LogP contribution in [0.1, 0.15) is 23.3 Å². The van der Waals surface area contributed by atoms with Gasteiger partial charge in [0.05, 0.1) is 11.1 Å². The summed E-state index contributed by atoms with van der Waals surface area (Å²) in [7, 11) is 0. The Morgan fingerprint density at radius 1 is 1.25 bits per heavy atom. The lowest BCUT2D eigenvalue weighted by Gasteiger charge is -2.13. The molecule has 2 aromatic heterocycles. The lowest BCUT2D eigenvalue weighted by molar-refractivity contribution is 0.324. The predicted octanol–water partition coefficient (Wildman–Crippen LogP) is 3.89. The van der Waals surface area contributed by atoms with E-state index in [2.05, 4.69) is 11.6 Å². The van der Waals surface area contributed by atoms with Gasteiger partial charge in [0.1, 0.15) is 11.4 Å². The Kier molecular flexibility index (Phi) is 3.94. The lowest BCUT2D eigenvalue weighted by Crippen LogP contribution is -2.22. The van der Waals surface area contributed by atoms with Gasteiger partial charge in [0.15, 0.2) is 0 Å². The third kappa shape index (κ3) is 2.45. The number of fused-ring (bicyclic) bond motifs is 3. The van der Waals surface area contributed by atoms with E-state index in [1.165, 1.54) is 16.9 Å². The van der Waals surface area contributed by atoms with Crippen molar-refractivity contribution in [3.63, 3.8) is 0 Å². The number of para-hydroxylation sites is 1. The topological polar surface area (TPSA) is 44.1 Å². The fourth-order valence-corrected chi connectivity index (χ4v) is 4.46. The quantitative estimate of drug-likeness (QED) is 0.678. The molecule has 2 heterocycles. The largest absolute Gasteiger partial charge is 0.460 e. The minimum absolute atomic E-state index is 0.0373. The van der Waals surface area contributed by atoms with Crippen LogP contribution in [0.25, 0.3) is 15.9 Å². The summed E-state index contributed by atoms with van der Waals surface area (Å²) in [5, 5.41) is 0.768. The van der Waals surface area contributed by atoms with Crippen molar-refractivity contribution < 1.29 is 4.74 Å². The van der Waals surface area contributed by atoms with Crippen molar-refractivity contribution in [2.45, 2.75) is 25.7 Å². The van der Waals surface area contributed by atoms with Crippen LogP contribution in [0.2, 0.25) is 0 Å². The molecule has 0 N–H and O–H groups in total. The molecule has 1 aliphatic rings. The van der Waals surface area contributed by atoms with E-state index in [4.69, 9.17) is 4.74 Å². The summed E-state index contributed by atoms with van der Waals surface area (Å²) < 4.78 is 7.28. The highest BCUT2D eigenvalue weighted by atomic mass is 32.1. The van der Waals surface area contributed by atoms with Gasteiger partial charge >= 0.3 is 6.01 Å². The van der Waals surface area contributed by atoms with Crippen molar-refractivity contribution in [2.75, 3.05) is 6.61 Å². The average Bonchev–Trinajstić information content (AvgIpc) is 2.99. The average molecular weight is 338 g/mol. The molecular weight excluding hydrogens is 320 g/mol. The highest BCUT2D eigenvalue weighted by Gasteiger charge is 2.23. The smallest absolute Gasteiger partial charge is 0.305 e. The van der Waals surface area contributed by atoms with Crippen molar-refractivity contribution in [2.24, 2.45) is 0 Å². The molecule has 0 radical (unpaired) electrons. The molecule has 0 fully saturated rings. The molecule has 0 amide bonds. The van der Waals surface area contributed by atoms with Crippen LogP contribution in [-0.4, -0.2) is 16.2 Å². The van der Waals surface area contributed by atoms with Crippen LogP contribution in [0.15, 0.2) is 47.8 Å². The molecule has 0 saturated heterocycles. The standard InChI is InChI=1S/C19H18N2O2S/c1-2-12-23-19-20-17-16(14-10-6-7-11-15(14)24-17)18(22)21(19)13-8-4-3-5-9-13/h2-5,8-9H,1,6-7,10-12H2. The summed E-state index contributed by atoms with van der Waals surface area (Å²) in [6, 6.07) is 9.87. The molecule has 0 bridgehead atoms. The number of aromatic nitrogens is 2. The fraction of sp³-hybridized carbons (Fsp3) is 0.263. The molecule has 0 aliphatic heterocycles. The minimum Gasteiger partial charge on any atom is -0.460 e. The Labute approximate surface area is 144 Å². The van der Waals surface area contributed by atoms with Crippen LogP contribution in [0.4, 0.5) is 0 Å². The van der Waals surface area contributed by atoms with Crippen molar-refractivity contribution >= 4 is 21.6 Å². The van der Waals surface area contributed by atoms with E-state index in [1.54, 1.807) is 22.0 Å². The second-order valence-corrected chi connectivity index (χ2v) is 6.94. The summed E-state index contributed by atoms with van der Waals surface area (Å²) >= 11 is 1.64. The van der Waals surface area contributed by atoms with Gasteiger partial charge in [-0.3, -0.25) is 4.79 Å². The second-order valence-electron chi connectivity index (χ2n) is 5.86. The molecule has 5 heteroatoms. The van der Waals surface area contributed by atoms with Crippen LogP contribution in [-0.2, 0) is 12.8 Å². The Morgan fingerprint density at radius 3 is 2.83 bits per heavy atom. The molecule has 0 saturated carbocycles. The van der Waals surface area contributed by atoms with Gasteiger partial charge in [0.25, 0.3) is 5.56 Å².